The summed E-state index contributed by atoms with van der Waals surface area (Å²) in [5.74, 6) is 2.90. The quantitative estimate of drug-likeness (QED) is 0.715. The SMILES string of the molecule is CNc1nc(-c2cc(Br)c3c(c2)OCCO3)ncc1I. The zero-order chi connectivity index (χ0) is 14.1. The normalized spacial score (nSPS) is 13.2. The fourth-order valence-corrected chi connectivity index (χ4v) is 3.01. The standard InChI is InChI=1S/C13H11BrIN3O2/c1-16-13-9(15)6-17-12(18-13)7-4-8(14)11-10(5-7)19-2-3-20-11/h4-6H,2-3H2,1H3,(H,16,17,18). The number of fused-ring (bicyclic) bond motifs is 1. The van der Waals surface area contributed by atoms with Gasteiger partial charge in [0, 0.05) is 18.8 Å². The third kappa shape index (κ3) is 2.56. The van der Waals surface area contributed by atoms with E-state index in [2.05, 4.69) is 53.8 Å². The van der Waals surface area contributed by atoms with E-state index in [9.17, 15) is 0 Å². The molecule has 5 nitrogen and oxygen atoms in total. The Morgan fingerprint density at radius 2 is 2.10 bits per heavy atom. The second kappa shape index (κ2) is 5.72. The van der Waals surface area contributed by atoms with Crippen molar-refractivity contribution < 1.29 is 9.47 Å². The van der Waals surface area contributed by atoms with Crippen LogP contribution in [0.2, 0.25) is 0 Å². The van der Waals surface area contributed by atoms with Crippen LogP contribution in [0.1, 0.15) is 0 Å². The Bertz CT molecular complexity index is 666. The first-order valence-corrected chi connectivity index (χ1v) is 7.86. The summed E-state index contributed by atoms with van der Waals surface area (Å²) in [6, 6.07) is 3.84. The molecule has 0 fully saturated rings. The van der Waals surface area contributed by atoms with Crippen LogP contribution in [0.25, 0.3) is 11.4 Å². The lowest BCUT2D eigenvalue weighted by Crippen LogP contribution is -2.15. The Morgan fingerprint density at radius 1 is 1.30 bits per heavy atom. The number of ether oxygens (including phenoxy) is 2. The summed E-state index contributed by atoms with van der Waals surface area (Å²) in [7, 11) is 1.84. The molecule has 3 rings (SSSR count). The number of aromatic nitrogens is 2. The van der Waals surface area contributed by atoms with Crippen LogP contribution < -0.4 is 14.8 Å². The van der Waals surface area contributed by atoms with E-state index in [1.165, 1.54) is 0 Å². The van der Waals surface area contributed by atoms with E-state index in [1.54, 1.807) is 6.20 Å². The van der Waals surface area contributed by atoms with Crippen molar-refractivity contribution in [3.63, 3.8) is 0 Å². The van der Waals surface area contributed by atoms with E-state index in [1.807, 2.05) is 19.2 Å². The number of nitrogens with zero attached hydrogens (tertiary/aromatic N) is 2. The highest BCUT2D eigenvalue weighted by atomic mass is 127. The average molecular weight is 448 g/mol. The van der Waals surface area contributed by atoms with Crippen molar-refractivity contribution in [2.75, 3.05) is 25.6 Å². The van der Waals surface area contributed by atoms with Crippen molar-refractivity contribution in [2.45, 2.75) is 0 Å². The van der Waals surface area contributed by atoms with E-state index in [-0.39, 0.29) is 0 Å². The fourth-order valence-electron chi connectivity index (χ4n) is 1.92. The topological polar surface area (TPSA) is 56.3 Å². The maximum Gasteiger partial charge on any atom is 0.175 e. The van der Waals surface area contributed by atoms with Gasteiger partial charge in [0.25, 0.3) is 0 Å². The summed E-state index contributed by atoms with van der Waals surface area (Å²) in [6.07, 6.45) is 1.79. The molecule has 20 heavy (non-hydrogen) atoms. The molecule has 1 N–H and O–H groups in total. The van der Waals surface area contributed by atoms with Crippen LogP contribution in [0.5, 0.6) is 11.5 Å². The van der Waals surface area contributed by atoms with Gasteiger partial charge in [0.15, 0.2) is 17.3 Å². The number of hydrogen-bond acceptors (Lipinski definition) is 5. The van der Waals surface area contributed by atoms with Gasteiger partial charge in [0.2, 0.25) is 0 Å². The zero-order valence-corrected chi connectivity index (χ0v) is 14.4. The number of nitrogens with one attached hydrogen (secondary N) is 1. The maximum absolute atomic E-state index is 5.62. The molecule has 7 heteroatoms. The molecule has 1 aliphatic heterocycles. The van der Waals surface area contributed by atoms with E-state index < -0.39 is 0 Å². The molecule has 2 aromatic rings. The second-order valence-corrected chi connectivity index (χ2v) is 6.14. The molecule has 0 radical (unpaired) electrons. The summed E-state index contributed by atoms with van der Waals surface area (Å²) >= 11 is 5.70. The molecule has 104 valence electrons. The lowest BCUT2D eigenvalue weighted by molar-refractivity contribution is 0.170. The van der Waals surface area contributed by atoms with E-state index in [0.717, 1.165) is 25.2 Å². The molecule has 0 saturated heterocycles. The molecule has 0 unspecified atom stereocenters. The van der Waals surface area contributed by atoms with Gasteiger partial charge in [-0.3, -0.25) is 0 Å². The summed E-state index contributed by atoms with van der Waals surface area (Å²) < 4.78 is 13.0. The molecule has 0 atom stereocenters. The predicted molar refractivity (Wildman–Crippen MR) is 88.4 cm³/mol. The summed E-state index contributed by atoms with van der Waals surface area (Å²) in [5.41, 5.74) is 0.883. The summed E-state index contributed by atoms with van der Waals surface area (Å²) in [6.45, 7) is 1.12. The van der Waals surface area contributed by atoms with E-state index in [0.29, 0.717) is 24.8 Å². The molecule has 2 heterocycles. The molecule has 0 spiro atoms. The van der Waals surface area contributed by atoms with Crippen LogP contribution >= 0.6 is 38.5 Å². The highest BCUT2D eigenvalue weighted by Gasteiger charge is 2.18. The molecular weight excluding hydrogens is 437 g/mol. The average Bonchev–Trinajstić information content (AvgIpc) is 2.47. The van der Waals surface area contributed by atoms with Gasteiger partial charge < -0.3 is 14.8 Å². The minimum absolute atomic E-state index is 0.554. The van der Waals surface area contributed by atoms with Gasteiger partial charge in [-0.1, -0.05) is 0 Å². The summed E-state index contributed by atoms with van der Waals surface area (Å²) in [4.78, 5) is 8.88. The van der Waals surface area contributed by atoms with Gasteiger partial charge in [0.05, 0.1) is 8.04 Å². The van der Waals surface area contributed by atoms with Crippen molar-refractivity contribution in [3.8, 4) is 22.9 Å². The summed E-state index contributed by atoms with van der Waals surface area (Å²) in [5, 5.41) is 3.06. The van der Waals surface area contributed by atoms with Crippen molar-refractivity contribution in [1.29, 1.82) is 0 Å². The van der Waals surface area contributed by atoms with Gasteiger partial charge in [-0.2, -0.15) is 0 Å². The minimum Gasteiger partial charge on any atom is -0.486 e. The predicted octanol–water partition coefficient (Wildman–Crippen LogP) is 3.32. The Kier molecular flexibility index (Phi) is 3.97. The minimum atomic E-state index is 0.554. The van der Waals surface area contributed by atoms with E-state index >= 15 is 0 Å². The van der Waals surface area contributed by atoms with Gasteiger partial charge in [-0.05, 0) is 50.7 Å². The highest BCUT2D eigenvalue weighted by molar-refractivity contribution is 14.1. The maximum atomic E-state index is 5.62. The number of rotatable bonds is 2. The number of benzene rings is 1. The Balaban J connectivity index is 2.08. The van der Waals surface area contributed by atoms with Gasteiger partial charge in [0.1, 0.15) is 19.0 Å². The molecular formula is C13H11BrIN3O2. The number of halogens is 2. The van der Waals surface area contributed by atoms with Crippen LogP contribution in [-0.4, -0.2) is 30.2 Å². The monoisotopic (exact) mass is 447 g/mol. The Morgan fingerprint density at radius 3 is 2.90 bits per heavy atom. The van der Waals surface area contributed by atoms with Crippen molar-refractivity contribution >= 4 is 44.3 Å². The first-order chi connectivity index (χ1) is 9.69. The molecule has 0 amide bonds. The molecule has 0 bridgehead atoms. The molecule has 1 aromatic carbocycles. The highest BCUT2D eigenvalue weighted by Crippen LogP contribution is 2.40. The molecule has 0 saturated carbocycles. The smallest absolute Gasteiger partial charge is 0.175 e. The molecule has 1 aliphatic rings. The fraction of sp³-hybridized carbons (Fsp3) is 0.231. The lowest BCUT2D eigenvalue weighted by atomic mass is 10.2. The third-order valence-electron chi connectivity index (χ3n) is 2.84. The lowest BCUT2D eigenvalue weighted by Gasteiger charge is -2.20. The first kappa shape index (κ1) is 13.9. The molecule has 1 aromatic heterocycles. The Hall–Kier alpha value is -1.09. The number of hydrogen-bond donors (Lipinski definition) is 1. The third-order valence-corrected chi connectivity index (χ3v) is 4.21. The van der Waals surface area contributed by atoms with Crippen molar-refractivity contribution in [2.24, 2.45) is 0 Å². The van der Waals surface area contributed by atoms with Crippen LogP contribution in [0.3, 0.4) is 0 Å². The van der Waals surface area contributed by atoms with Gasteiger partial charge in [-0.25, -0.2) is 9.97 Å². The van der Waals surface area contributed by atoms with Crippen molar-refractivity contribution in [1.82, 2.24) is 9.97 Å². The second-order valence-electron chi connectivity index (χ2n) is 4.12. The van der Waals surface area contributed by atoms with Gasteiger partial charge in [-0.15, -0.1) is 0 Å². The van der Waals surface area contributed by atoms with E-state index in [4.69, 9.17) is 9.47 Å². The largest absolute Gasteiger partial charge is 0.486 e. The van der Waals surface area contributed by atoms with Crippen LogP contribution in [0.4, 0.5) is 5.82 Å². The van der Waals surface area contributed by atoms with Crippen LogP contribution in [-0.2, 0) is 0 Å². The zero-order valence-electron chi connectivity index (χ0n) is 10.6. The number of anilines is 1. The van der Waals surface area contributed by atoms with Crippen molar-refractivity contribution in [3.05, 3.63) is 26.4 Å². The Labute approximate surface area is 138 Å². The van der Waals surface area contributed by atoms with Crippen LogP contribution in [0.15, 0.2) is 22.8 Å². The van der Waals surface area contributed by atoms with Crippen LogP contribution in [0, 0.1) is 3.57 Å². The van der Waals surface area contributed by atoms with Gasteiger partial charge >= 0.3 is 0 Å². The first-order valence-electron chi connectivity index (χ1n) is 5.99. The molecule has 0 aliphatic carbocycles.